The Morgan fingerprint density at radius 3 is 2.24 bits per heavy atom. The van der Waals surface area contributed by atoms with Crippen LogP contribution in [0, 0.1) is 13.8 Å². The van der Waals surface area contributed by atoms with Gasteiger partial charge >= 0.3 is 6.09 Å². The minimum atomic E-state index is -1.14. The van der Waals surface area contributed by atoms with Gasteiger partial charge in [0.1, 0.15) is 23.4 Å². The number of aryl methyl sites for hydroxylation is 2. The van der Waals surface area contributed by atoms with Crippen LogP contribution in [-0.2, 0) is 19.1 Å². The van der Waals surface area contributed by atoms with Crippen molar-refractivity contribution in [2.24, 2.45) is 5.73 Å². The number of nitrogens with two attached hydrogens (primary N) is 1. The van der Waals surface area contributed by atoms with E-state index in [9.17, 15) is 19.2 Å². The van der Waals surface area contributed by atoms with Gasteiger partial charge in [-0.05, 0) is 82.9 Å². The summed E-state index contributed by atoms with van der Waals surface area (Å²) in [5.41, 5.74) is 7.56. The monoisotopic (exact) mass is 582 g/mol. The molecule has 0 aliphatic rings. The van der Waals surface area contributed by atoms with E-state index in [1.54, 1.807) is 52.1 Å². The molecule has 10 heteroatoms. The summed E-state index contributed by atoms with van der Waals surface area (Å²) in [6.45, 7) is 11.2. The molecule has 2 atom stereocenters. The minimum absolute atomic E-state index is 0.0443. The maximum absolute atomic E-state index is 14.3. The number of nitrogens with zero attached hydrogens (tertiary/aromatic N) is 1. The van der Waals surface area contributed by atoms with Gasteiger partial charge in [0.2, 0.25) is 11.8 Å². The average Bonchev–Trinajstić information content (AvgIpc) is 2.91. The summed E-state index contributed by atoms with van der Waals surface area (Å²) in [5.74, 6) is -0.890. The number of carbonyl (C=O) groups is 4. The van der Waals surface area contributed by atoms with Crippen LogP contribution < -0.4 is 21.1 Å². The molecule has 0 saturated heterocycles. The Labute approximate surface area is 249 Å². The normalized spacial score (nSPS) is 12.5. The van der Waals surface area contributed by atoms with Gasteiger partial charge in [-0.2, -0.15) is 0 Å². The van der Waals surface area contributed by atoms with Crippen molar-refractivity contribution < 1.29 is 28.7 Å². The molecule has 0 fully saturated rings. The lowest BCUT2D eigenvalue weighted by atomic mass is 9.95. The van der Waals surface area contributed by atoms with E-state index in [1.165, 1.54) is 4.90 Å². The van der Waals surface area contributed by atoms with Gasteiger partial charge in [-0.25, -0.2) is 4.79 Å². The number of primary amides is 1. The number of alkyl carbamates (subject to hydrolysis) is 1. The third kappa shape index (κ3) is 10.7. The SMILES string of the molecule is CCCCCN(C(=O)C(CCC(N)=O)NC(=O)OC(C)(C)C)C(C(=O)Nc1ccc(OC)cc1)c1cc(C)ccc1C. The number of hydrogen-bond donors (Lipinski definition) is 3. The lowest BCUT2D eigenvalue weighted by molar-refractivity contribution is -0.141. The number of rotatable bonds is 14. The summed E-state index contributed by atoms with van der Waals surface area (Å²) in [5, 5.41) is 5.58. The van der Waals surface area contributed by atoms with Crippen LogP contribution in [0.1, 0.15) is 82.5 Å². The maximum atomic E-state index is 14.3. The second-order valence-corrected chi connectivity index (χ2v) is 11.4. The molecule has 4 N–H and O–H groups in total. The van der Waals surface area contributed by atoms with Crippen LogP contribution in [0.3, 0.4) is 0 Å². The Morgan fingerprint density at radius 2 is 1.67 bits per heavy atom. The summed E-state index contributed by atoms with van der Waals surface area (Å²) >= 11 is 0. The number of nitrogens with one attached hydrogen (secondary N) is 2. The standard InChI is InChI=1S/C32H46N4O6/c1-8-9-10-19-36(30(39)26(17-18-27(33)37)35-31(40)42-32(4,5)6)28(25-20-21(2)11-12-22(25)3)29(38)34-23-13-15-24(41-7)16-14-23/h11-16,20,26,28H,8-10,17-19H2,1-7H3,(H2,33,37)(H,34,38)(H,35,40). The molecule has 2 unspecified atom stereocenters. The molecule has 2 aromatic carbocycles. The van der Waals surface area contributed by atoms with Crippen LogP contribution in [0.2, 0.25) is 0 Å². The number of benzene rings is 2. The first-order valence-corrected chi connectivity index (χ1v) is 14.4. The van der Waals surface area contributed by atoms with Gasteiger partial charge in [-0.3, -0.25) is 14.4 Å². The first-order chi connectivity index (χ1) is 19.7. The summed E-state index contributed by atoms with van der Waals surface area (Å²) in [4.78, 5) is 54.3. The van der Waals surface area contributed by atoms with Gasteiger partial charge in [-0.1, -0.05) is 43.5 Å². The van der Waals surface area contributed by atoms with Crippen molar-refractivity contribution in [2.45, 2.75) is 91.3 Å². The molecule has 0 heterocycles. The molecule has 2 aromatic rings. The predicted molar refractivity (Wildman–Crippen MR) is 163 cm³/mol. The van der Waals surface area contributed by atoms with Crippen molar-refractivity contribution in [1.82, 2.24) is 10.2 Å². The zero-order chi connectivity index (χ0) is 31.4. The van der Waals surface area contributed by atoms with E-state index in [0.29, 0.717) is 23.4 Å². The lowest BCUT2D eigenvalue weighted by Gasteiger charge is -2.35. The Morgan fingerprint density at radius 1 is 1.00 bits per heavy atom. The molecule has 230 valence electrons. The first kappa shape index (κ1) is 34.1. The van der Waals surface area contributed by atoms with Crippen molar-refractivity contribution in [3.63, 3.8) is 0 Å². The smallest absolute Gasteiger partial charge is 0.408 e. The highest BCUT2D eigenvalue weighted by molar-refractivity contribution is 5.99. The van der Waals surface area contributed by atoms with E-state index in [1.807, 2.05) is 39.0 Å². The minimum Gasteiger partial charge on any atom is -0.497 e. The largest absolute Gasteiger partial charge is 0.497 e. The summed E-state index contributed by atoms with van der Waals surface area (Å²) in [6.07, 6.45) is 1.38. The van der Waals surface area contributed by atoms with Gasteiger partial charge in [0.15, 0.2) is 0 Å². The van der Waals surface area contributed by atoms with E-state index < -0.39 is 41.5 Å². The zero-order valence-electron chi connectivity index (χ0n) is 25.9. The second kappa shape index (κ2) is 15.8. The number of unbranched alkanes of at least 4 members (excludes halogenated alkanes) is 2. The van der Waals surface area contributed by atoms with E-state index in [4.69, 9.17) is 15.2 Å². The molecule has 2 rings (SSSR count). The van der Waals surface area contributed by atoms with Crippen molar-refractivity contribution in [3.05, 3.63) is 59.2 Å². The highest BCUT2D eigenvalue weighted by Gasteiger charge is 2.37. The Balaban J connectivity index is 2.59. The molecule has 4 amide bonds. The Kier molecular flexibility index (Phi) is 12.8. The number of anilines is 1. The van der Waals surface area contributed by atoms with Crippen molar-refractivity contribution in [2.75, 3.05) is 19.0 Å². The van der Waals surface area contributed by atoms with E-state index >= 15 is 0 Å². The molecule has 0 aliphatic carbocycles. The molecule has 0 aromatic heterocycles. The fourth-order valence-electron chi connectivity index (χ4n) is 4.48. The van der Waals surface area contributed by atoms with Gasteiger partial charge in [0, 0.05) is 18.7 Å². The highest BCUT2D eigenvalue weighted by Crippen LogP contribution is 2.29. The van der Waals surface area contributed by atoms with Crippen LogP contribution in [0.4, 0.5) is 10.5 Å². The van der Waals surface area contributed by atoms with E-state index in [-0.39, 0.29) is 19.4 Å². The van der Waals surface area contributed by atoms with Gasteiger partial charge < -0.3 is 30.7 Å². The third-order valence-electron chi connectivity index (χ3n) is 6.60. The summed E-state index contributed by atoms with van der Waals surface area (Å²) in [6, 6.07) is 10.5. The molecular formula is C32H46N4O6. The highest BCUT2D eigenvalue weighted by atomic mass is 16.6. The molecule has 42 heavy (non-hydrogen) atoms. The van der Waals surface area contributed by atoms with Gasteiger partial charge in [0.05, 0.1) is 7.11 Å². The number of methoxy groups -OCH3 is 1. The fourth-order valence-corrected chi connectivity index (χ4v) is 4.48. The topological polar surface area (TPSA) is 140 Å². The van der Waals surface area contributed by atoms with Crippen LogP contribution in [0.25, 0.3) is 0 Å². The van der Waals surface area contributed by atoms with Crippen molar-refractivity contribution >= 4 is 29.5 Å². The number of carbonyl (C=O) groups excluding carboxylic acids is 4. The summed E-state index contributed by atoms with van der Waals surface area (Å²) < 4.78 is 10.6. The molecule has 0 spiro atoms. The number of hydrogen-bond acceptors (Lipinski definition) is 6. The molecule has 10 nitrogen and oxygen atoms in total. The zero-order valence-corrected chi connectivity index (χ0v) is 25.9. The molecule has 0 bridgehead atoms. The van der Waals surface area contributed by atoms with E-state index in [0.717, 1.165) is 24.0 Å². The van der Waals surface area contributed by atoms with Gasteiger partial charge in [-0.15, -0.1) is 0 Å². The van der Waals surface area contributed by atoms with Crippen LogP contribution in [-0.4, -0.2) is 54.0 Å². The van der Waals surface area contributed by atoms with Crippen molar-refractivity contribution in [1.29, 1.82) is 0 Å². The van der Waals surface area contributed by atoms with Crippen LogP contribution >= 0.6 is 0 Å². The third-order valence-corrected chi connectivity index (χ3v) is 6.60. The predicted octanol–water partition coefficient (Wildman–Crippen LogP) is 5.17. The maximum Gasteiger partial charge on any atom is 0.408 e. The van der Waals surface area contributed by atoms with E-state index in [2.05, 4.69) is 10.6 Å². The second-order valence-electron chi connectivity index (χ2n) is 11.4. The number of amides is 4. The number of ether oxygens (including phenoxy) is 2. The Bertz CT molecular complexity index is 1220. The first-order valence-electron chi connectivity index (χ1n) is 14.4. The quantitative estimate of drug-likeness (QED) is 0.263. The lowest BCUT2D eigenvalue weighted by Crippen LogP contribution is -2.53. The fraction of sp³-hybridized carbons (Fsp3) is 0.500. The molecular weight excluding hydrogens is 536 g/mol. The molecule has 0 saturated carbocycles. The van der Waals surface area contributed by atoms with Crippen LogP contribution in [0.5, 0.6) is 5.75 Å². The molecule has 0 radical (unpaired) electrons. The average molecular weight is 583 g/mol. The summed E-state index contributed by atoms with van der Waals surface area (Å²) in [7, 11) is 1.56. The van der Waals surface area contributed by atoms with Crippen LogP contribution in [0.15, 0.2) is 42.5 Å². The van der Waals surface area contributed by atoms with Gasteiger partial charge in [0.25, 0.3) is 5.91 Å². The van der Waals surface area contributed by atoms with Crippen molar-refractivity contribution in [3.8, 4) is 5.75 Å². The Hall–Kier alpha value is -4.08. The molecule has 0 aliphatic heterocycles.